The molecule has 9 heteroatoms. The number of sulfonamides is 1. The molecule has 0 aromatic heterocycles. The van der Waals surface area contributed by atoms with E-state index in [9.17, 15) is 22.4 Å². The third-order valence-electron chi connectivity index (χ3n) is 4.59. The van der Waals surface area contributed by atoms with E-state index < -0.39 is 27.7 Å². The first-order valence-electron chi connectivity index (χ1n) is 10.1. The van der Waals surface area contributed by atoms with E-state index in [4.69, 9.17) is 4.74 Å². The molecule has 1 aliphatic rings. The molecule has 31 heavy (non-hydrogen) atoms. The molecule has 0 unspecified atom stereocenters. The summed E-state index contributed by atoms with van der Waals surface area (Å²) in [6.07, 6.45) is 0.433. The van der Waals surface area contributed by atoms with Gasteiger partial charge in [-0.3, -0.25) is 9.59 Å². The molecule has 1 fully saturated rings. The van der Waals surface area contributed by atoms with Crippen molar-refractivity contribution < 1.29 is 27.1 Å². The van der Waals surface area contributed by atoms with Gasteiger partial charge in [0.25, 0.3) is 5.91 Å². The lowest BCUT2D eigenvalue weighted by atomic mass is 10.1. The van der Waals surface area contributed by atoms with Crippen LogP contribution >= 0.6 is 0 Å². The second kappa shape index (κ2) is 11.0. The molecule has 1 N–H and O–H groups in total. The van der Waals surface area contributed by atoms with Gasteiger partial charge in [-0.1, -0.05) is 32.0 Å². The second-order valence-corrected chi connectivity index (χ2v) is 8.61. The van der Waals surface area contributed by atoms with Crippen molar-refractivity contribution in [3.05, 3.63) is 59.9 Å². The van der Waals surface area contributed by atoms with E-state index in [1.807, 2.05) is 13.8 Å². The maximum atomic E-state index is 14.2. The molecule has 1 saturated heterocycles. The molecule has 168 valence electrons. The largest absolute Gasteiger partial charge is 0.462 e. The monoisotopic (exact) mass is 450 g/mol. The van der Waals surface area contributed by atoms with Crippen LogP contribution in [-0.4, -0.2) is 43.8 Å². The number of nitrogens with zero attached hydrogens (tertiary/aromatic N) is 1. The number of ether oxygens (including phenoxy) is 1. The molecule has 1 amide bonds. The summed E-state index contributed by atoms with van der Waals surface area (Å²) in [6, 6.07) is 11.6. The molecule has 2 aromatic carbocycles. The van der Waals surface area contributed by atoms with Gasteiger partial charge in [-0.05, 0) is 43.2 Å². The molecule has 1 heterocycles. The molecule has 0 spiro atoms. The minimum atomic E-state index is -3.91. The van der Waals surface area contributed by atoms with Crippen LogP contribution < -0.4 is 5.32 Å². The minimum absolute atomic E-state index is 0.164. The lowest BCUT2D eigenvalue weighted by Crippen LogP contribution is -2.41. The molecule has 1 aliphatic heterocycles. The highest BCUT2D eigenvalue weighted by Crippen LogP contribution is 2.24. The molecule has 0 bridgehead atoms. The summed E-state index contributed by atoms with van der Waals surface area (Å²) < 4.78 is 46.4. The first-order valence-corrected chi connectivity index (χ1v) is 11.5. The van der Waals surface area contributed by atoms with Crippen LogP contribution in [0.2, 0.25) is 0 Å². The summed E-state index contributed by atoms with van der Waals surface area (Å²) in [5, 5.41) is 2.55. The van der Waals surface area contributed by atoms with Crippen LogP contribution in [0.4, 0.5) is 10.1 Å². The summed E-state index contributed by atoms with van der Waals surface area (Å²) in [6.45, 7) is 5.65. The molecule has 0 radical (unpaired) electrons. The molecular weight excluding hydrogens is 423 g/mol. The Balaban J connectivity index is 0.00000166. The van der Waals surface area contributed by atoms with E-state index in [1.165, 1.54) is 11.2 Å². The topological polar surface area (TPSA) is 92.8 Å². The van der Waals surface area contributed by atoms with E-state index in [2.05, 4.69) is 5.32 Å². The fraction of sp³-hybridized carbons (Fsp3) is 0.364. The first-order chi connectivity index (χ1) is 14.8. The number of para-hydroxylation sites is 1. The maximum Gasteiger partial charge on any atom is 0.302 e. The van der Waals surface area contributed by atoms with Crippen LogP contribution in [0.3, 0.4) is 0 Å². The van der Waals surface area contributed by atoms with Crippen molar-refractivity contribution in [1.82, 2.24) is 4.31 Å². The Hall–Kier alpha value is -2.78. The van der Waals surface area contributed by atoms with Crippen LogP contribution in [0.1, 0.15) is 44.0 Å². The van der Waals surface area contributed by atoms with Crippen LogP contribution in [0, 0.1) is 5.82 Å². The number of carbonyl (C=O) groups is 2. The van der Waals surface area contributed by atoms with E-state index in [1.54, 1.807) is 30.3 Å². The zero-order valence-electron chi connectivity index (χ0n) is 17.8. The fourth-order valence-electron chi connectivity index (χ4n) is 3.13. The molecule has 2 aromatic rings. The van der Waals surface area contributed by atoms with Gasteiger partial charge in [-0.2, -0.15) is 4.31 Å². The zero-order valence-corrected chi connectivity index (χ0v) is 18.6. The Morgan fingerprint density at radius 3 is 2.26 bits per heavy atom. The van der Waals surface area contributed by atoms with E-state index in [0.717, 1.165) is 18.2 Å². The molecular formula is C22H27FN2O5S. The highest BCUT2D eigenvalue weighted by molar-refractivity contribution is 7.89. The average Bonchev–Trinajstić information content (AvgIpc) is 2.76. The number of anilines is 1. The van der Waals surface area contributed by atoms with Gasteiger partial charge < -0.3 is 10.1 Å². The van der Waals surface area contributed by atoms with E-state index in [-0.39, 0.29) is 29.7 Å². The minimum Gasteiger partial charge on any atom is -0.462 e. The Kier molecular flexibility index (Phi) is 8.70. The fourth-order valence-corrected chi connectivity index (χ4v) is 4.63. The number of piperidine rings is 1. The van der Waals surface area contributed by atoms with Gasteiger partial charge in [0.15, 0.2) is 0 Å². The van der Waals surface area contributed by atoms with Gasteiger partial charge in [0.2, 0.25) is 10.0 Å². The van der Waals surface area contributed by atoms with Gasteiger partial charge in [0.1, 0.15) is 11.9 Å². The number of amides is 1. The number of nitrogens with one attached hydrogen (secondary N) is 1. The Morgan fingerprint density at radius 1 is 1.06 bits per heavy atom. The summed E-state index contributed by atoms with van der Waals surface area (Å²) in [5.41, 5.74) is 0.113. The average molecular weight is 451 g/mol. The predicted molar refractivity (Wildman–Crippen MR) is 116 cm³/mol. The van der Waals surface area contributed by atoms with Gasteiger partial charge >= 0.3 is 5.97 Å². The van der Waals surface area contributed by atoms with Crippen molar-refractivity contribution in [2.45, 2.75) is 44.6 Å². The number of rotatable bonds is 5. The Bertz CT molecular complexity index is 1000. The molecule has 0 saturated carbocycles. The smallest absolute Gasteiger partial charge is 0.302 e. The van der Waals surface area contributed by atoms with Crippen molar-refractivity contribution in [2.75, 3.05) is 18.4 Å². The van der Waals surface area contributed by atoms with Crippen LogP contribution in [0.5, 0.6) is 0 Å². The maximum absolute atomic E-state index is 14.2. The van der Waals surface area contributed by atoms with Crippen LogP contribution in [0.15, 0.2) is 53.4 Å². The molecule has 7 nitrogen and oxygen atoms in total. The zero-order chi connectivity index (χ0) is 23.0. The van der Waals surface area contributed by atoms with Crippen LogP contribution in [0.25, 0.3) is 0 Å². The summed E-state index contributed by atoms with van der Waals surface area (Å²) in [4.78, 5) is 23.3. The van der Waals surface area contributed by atoms with Gasteiger partial charge in [-0.25, -0.2) is 12.8 Å². The van der Waals surface area contributed by atoms with Crippen molar-refractivity contribution in [1.29, 1.82) is 0 Å². The summed E-state index contributed by atoms with van der Waals surface area (Å²) >= 11 is 0. The van der Waals surface area contributed by atoms with Crippen molar-refractivity contribution >= 4 is 27.6 Å². The molecule has 3 rings (SSSR count). The lowest BCUT2D eigenvalue weighted by Gasteiger charge is -2.30. The van der Waals surface area contributed by atoms with Gasteiger partial charge in [0, 0.05) is 25.7 Å². The third kappa shape index (κ3) is 6.35. The lowest BCUT2D eigenvalue weighted by molar-refractivity contribution is -0.147. The highest BCUT2D eigenvalue weighted by atomic mass is 32.2. The van der Waals surface area contributed by atoms with Gasteiger partial charge in [-0.15, -0.1) is 0 Å². The highest BCUT2D eigenvalue weighted by Gasteiger charge is 2.31. The number of halogens is 1. The Labute approximate surface area is 182 Å². The number of benzene rings is 2. The standard InChI is InChI=1S/C20H21FN2O5S.C2H6/c1-14(24)28-16-9-11-23(12-10-16)29(26,27)17-7-8-19(21)18(13-17)20(25)22-15-5-3-2-4-6-15;1-2/h2-8,13,16H,9-12H2,1H3,(H,22,25);1-2H3. The van der Waals surface area contributed by atoms with Crippen molar-refractivity contribution in [3.8, 4) is 0 Å². The summed E-state index contributed by atoms with van der Waals surface area (Å²) in [5.74, 6) is -1.95. The number of hydrogen-bond acceptors (Lipinski definition) is 5. The predicted octanol–water partition coefficient (Wildman–Crippen LogP) is 3.82. The summed E-state index contributed by atoms with van der Waals surface area (Å²) in [7, 11) is -3.91. The van der Waals surface area contributed by atoms with Crippen molar-refractivity contribution in [2.24, 2.45) is 0 Å². The Morgan fingerprint density at radius 2 is 1.68 bits per heavy atom. The molecule has 0 aliphatic carbocycles. The van der Waals surface area contributed by atoms with E-state index in [0.29, 0.717) is 18.5 Å². The normalized spacial score (nSPS) is 14.8. The first kappa shape index (κ1) is 24.5. The number of hydrogen-bond donors (Lipinski definition) is 1. The van der Waals surface area contributed by atoms with Gasteiger partial charge in [0.05, 0.1) is 10.5 Å². The van der Waals surface area contributed by atoms with Crippen molar-refractivity contribution in [3.63, 3.8) is 0 Å². The second-order valence-electron chi connectivity index (χ2n) is 6.67. The molecule has 0 atom stereocenters. The third-order valence-corrected chi connectivity index (χ3v) is 6.48. The quantitative estimate of drug-likeness (QED) is 0.699. The van der Waals surface area contributed by atoms with Crippen LogP contribution in [-0.2, 0) is 19.6 Å². The number of carbonyl (C=O) groups excluding carboxylic acids is 2. The number of esters is 1. The SMILES string of the molecule is CC.CC(=O)OC1CCN(S(=O)(=O)c2ccc(F)c(C(=O)Nc3ccccc3)c2)CC1. The van der Waals surface area contributed by atoms with E-state index >= 15 is 0 Å².